The Morgan fingerprint density at radius 2 is 2.24 bits per heavy atom. The molecule has 2 rings (SSSR count). The van der Waals surface area contributed by atoms with E-state index in [1.165, 1.54) is 7.11 Å². The number of ether oxygens (including phenoxy) is 1. The van der Waals surface area contributed by atoms with Gasteiger partial charge in [-0.1, -0.05) is 6.07 Å². The summed E-state index contributed by atoms with van der Waals surface area (Å²) in [4.78, 5) is 24.9. The number of methoxy groups -OCH3 is 1. The van der Waals surface area contributed by atoms with Gasteiger partial charge in [-0.2, -0.15) is 0 Å². The predicted molar refractivity (Wildman–Crippen MR) is 64.0 cm³/mol. The van der Waals surface area contributed by atoms with Crippen LogP contribution in [-0.2, 0) is 9.53 Å². The molecule has 4 nitrogen and oxygen atoms in total. The van der Waals surface area contributed by atoms with Gasteiger partial charge in [0.1, 0.15) is 0 Å². The Labute approximate surface area is 100 Å². The summed E-state index contributed by atoms with van der Waals surface area (Å²) in [5.41, 5.74) is 1.24. The van der Waals surface area contributed by atoms with Gasteiger partial charge in [-0.15, -0.1) is 0 Å². The van der Waals surface area contributed by atoms with Crippen molar-refractivity contribution in [3.63, 3.8) is 0 Å². The number of anilines is 1. The fraction of sp³-hybridized carbons (Fsp3) is 0.385. The highest BCUT2D eigenvalue weighted by atomic mass is 16.5. The number of rotatable bonds is 2. The SMILES string of the molecule is COC(=O)c1cccc(N2C(=O)CCC2C)c1. The second-order valence-corrected chi connectivity index (χ2v) is 4.19. The molecule has 0 N–H and O–H groups in total. The highest BCUT2D eigenvalue weighted by Gasteiger charge is 2.29. The van der Waals surface area contributed by atoms with Crippen LogP contribution in [0.4, 0.5) is 5.69 Å². The Kier molecular flexibility index (Phi) is 3.13. The standard InChI is InChI=1S/C13H15NO3/c1-9-6-7-12(15)14(9)11-5-3-4-10(8-11)13(16)17-2/h3-5,8-9H,6-7H2,1-2H3. The Hall–Kier alpha value is -1.84. The summed E-state index contributed by atoms with van der Waals surface area (Å²) >= 11 is 0. The summed E-state index contributed by atoms with van der Waals surface area (Å²) in [5.74, 6) is -0.273. The van der Waals surface area contributed by atoms with Gasteiger partial charge in [-0.05, 0) is 31.5 Å². The van der Waals surface area contributed by atoms with Crippen LogP contribution in [-0.4, -0.2) is 25.0 Å². The lowest BCUT2D eigenvalue weighted by atomic mass is 10.1. The lowest BCUT2D eigenvalue weighted by molar-refractivity contribution is -0.117. The third-order valence-electron chi connectivity index (χ3n) is 3.03. The molecule has 0 aromatic heterocycles. The van der Waals surface area contributed by atoms with E-state index in [4.69, 9.17) is 0 Å². The van der Waals surface area contributed by atoms with Crippen molar-refractivity contribution in [3.05, 3.63) is 29.8 Å². The predicted octanol–water partition coefficient (Wildman–Crippen LogP) is 1.99. The Morgan fingerprint density at radius 1 is 1.47 bits per heavy atom. The average Bonchev–Trinajstić information content (AvgIpc) is 2.68. The fourth-order valence-corrected chi connectivity index (χ4v) is 2.13. The fourth-order valence-electron chi connectivity index (χ4n) is 2.13. The minimum atomic E-state index is -0.383. The molecule has 0 radical (unpaired) electrons. The lowest BCUT2D eigenvalue weighted by Crippen LogP contribution is -2.30. The normalized spacial score (nSPS) is 19.5. The number of esters is 1. The van der Waals surface area contributed by atoms with Gasteiger partial charge in [-0.3, -0.25) is 4.79 Å². The number of amides is 1. The first kappa shape index (κ1) is 11.6. The Bertz CT molecular complexity index is 456. The van der Waals surface area contributed by atoms with E-state index in [1.807, 2.05) is 13.0 Å². The summed E-state index contributed by atoms with van der Waals surface area (Å²) in [5, 5.41) is 0. The molecule has 17 heavy (non-hydrogen) atoms. The van der Waals surface area contributed by atoms with Gasteiger partial charge < -0.3 is 9.64 Å². The molecule has 1 aromatic carbocycles. The maximum Gasteiger partial charge on any atom is 0.337 e. The van der Waals surface area contributed by atoms with Gasteiger partial charge in [0.15, 0.2) is 0 Å². The zero-order valence-corrected chi connectivity index (χ0v) is 9.97. The number of benzene rings is 1. The van der Waals surface area contributed by atoms with Gasteiger partial charge in [0, 0.05) is 18.2 Å². The molecule has 90 valence electrons. The Morgan fingerprint density at radius 3 is 2.82 bits per heavy atom. The number of hydrogen-bond donors (Lipinski definition) is 0. The van der Waals surface area contributed by atoms with Crippen LogP contribution >= 0.6 is 0 Å². The molecule has 1 amide bonds. The van der Waals surface area contributed by atoms with Crippen molar-refractivity contribution in [1.82, 2.24) is 0 Å². The van der Waals surface area contributed by atoms with Crippen LogP contribution < -0.4 is 4.90 Å². The monoisotopic (exact) mass is 233 g/mol. The van der Waals surface area contributed by atoms with Gasteiger partial charge in [0.25, 0.3) is 0 Å². The summed E-state index contributed by atoms with van der Waals surface area (Å²) in [6.07, 6.45) is 1.44. The first-order chi connectivity index (χ1) is 8.13. The van der Waals surface area contributed by atoms with Crippen LogP contribution in [0.2, 0.25) is 0 Å². The van der Waals surface area contributed by atoms with E-state index in [2.05, 4.69) is 4.74 Å². The molecule has 1 heterocycles. The van der Waals surface area contributed by atoms with Gasteiger partial charge >= 0.3 is 5.97 Å². The van der Waals surface area contributed by atoms with E-state index >= 15 is 0 Å². The summed E-state index contributed by atoms with van der Waals surface area (Å²) in [6, 6.07) is 7.17. The maximum atomic E-state index is 11.7. The van der Waals surface area contributed by atoms with Crippen LogP contribution in [0.5, 0.6) is 0 Å². The zero-order valence-electron chi connectivity index (χ0n) is 9.97. The van der Waals surface area contributed by atoms with Crippen molar-refractivity contribution < 1.29 is 14.3 Å². The smallest absolute Gasteiger partial charge is 0.337 e. The molecular formula is C13H15NO3. The van der Waals surface area contributed by atoms with E-state index in [1.54, 1.807) is 23.1 Å². The molecule has 0 saturated carbocycles. The van der Waals surface area contributed by atoms with Crippen molar-refractivity contribution in [2.24, 2.45) is 0 Å². The number of carbonyl (C=O) groups is 2. The first-order valence-corrected chi connectivity index (χ1v) is 5.64. The summed E-state index contributed by atoms with van der Waals surface area (Å²) < 4.78 is 4.67. The second-order valence-electron chi connectivity index (χ2n) is 4.19. The molecule has 0 aliphatic carbocycles. The topological polar surface area (TPSA) is 46.6 Å². The Balaban J connectivity index is 2.33. The molecule has 0 bridgehead atoms. The van der Waals surface area contributed by atoms with Crippen molar-refractivity contribution in [3.8, 4) is 0 Å². The minimum absolute atomic E-state index is 0.111. The summed E-state index contributed by atoms with van der Waals surface area (Å²) in [6.45, 7) is 2.01. The van der Waals surface area contributed by atoms with Gasteiger partial charge in [0.05, 0.1) is 12.7 Å². The van der Waals surface area contributed by atoms with Gasteiger partial charge in [-0.25, -0.2) is 4.79 Å². The molecule has 4 heteroatoms. The highest BCUT2D eigenvalue weighted by molar-refractivity contribution is 5.98. The second kappa shape index (κ2) is 4.57. The van der Waals surface area contributed by atoms with Crippen molar-refractivity contribution >= 4 is 17.6 Å². The zero-order chi connectivity index (χ0) is 12.4. The third kappa shape index (κ3) is 2.16. The largest absolute Gasteiger partial charge is 0.465 e. The van der Waals surface area contributed by atoms with Crippen LogP contribution in [0.25, 0.3) is 0 Å². The lowest BCUT2D eigenvalue weighted by Gasteiger charge is -2.22. The van der Waals surface area contributed by atoms with E-state index < -0.39 is 0 Å². The van der Waals surface area contributed by atoms with Crippen molar-refractivity contribution in [2.45, 2.75) is 25.8 Å². The van der Waals surface area contributed by atoms with E-state index in [-0.39, 0.29) is 17.9 Å². The maximum absolute atomic E-state index is 11.7. The van der Waals surface area contributed by atoms with Crippen molar-refractivity contribution in [2.75, 3.05) is 12.0 Å². The number of hydrogen-bond acceptors (Lipinski definition) is 3. The molecule has 1 aromatic rings. The number of nitrogens with zero attached hydrogens (tertiary/aromatic N) is 1. The molecular weight excluding hydrogens is 218 g/mol. The first-order valence-electron chi connectivity index (χ1n) is 5.64. The van der Waals surface area contributed by atoms with Crippen molar-refractivity contribution in [1.29, 1.82) is 0 Å². The molecule has 1 fully saturated rings. The molecule has 1 aliphatic heterocycles. The number of carbonyl (C=O) groups excluding carboxylic acids is 2. The quantitative estimate of drug-likeness (QED) is 0.734. The van der Waals surface area contributed by atoms with E-state index in [0.717, 1.165) is 12.1 Å². The summed E-state index contributed by atoms with van der Waals surface area (Å²) in [7, 11) is 1.35. The third-order valence-corrected chi connectivity index (χ3v) is 3.03. The molecule has 1 saturated heterocycles. The van der Waals surface area contributed by atoms with E-state index in [0.29, 0.717) is 12.0 Å². The average molecular weight is 233 g/mol. The molecule has 1 unspecified atom stereocenters. The van der Waals surface area contributed by atoms with Crippen LogP contribution in [0.3, 0.4) is 0 Å². The highest BCUT2D eigenvalue weighted by Crippen LogP contribution is 2.27. The molecule has 1 atom stereocenters. The minimum Gasteiger partial charge on any atom is -0.465 e. The van der Waals surface area contributed by atoms with Crippen LogP contribution in [0.1, 0.15) is 30.1 Å². The molecule has 1 aliphatic rings. The molecule has 0 spiro atoms. The van der Waals surface area contributed by atoms with Gasteiger partial charge in [0.2, 0.25) is 5.91 Å². The van der Waals surface area contributed by atoms with Crippen LogP contribution in [0, 0.1) is 0 Å². The van der Waals surface area contributed by atoms with Crippen LogP contribution in [0.15, 0.2) is 24.3 Å². The van der Waals surface area contributed by atoms with E-state index in [9.17, 15) is 9.59 Å².